The second kappa shape index (κ2) is 7.13. The Morgan fingerprint density at radius 3 is 2.65 bits per heavy atom. The van der Waals surface area contributed by atoms with E-state index in [-0.39, 0.29) is 10.9 Å². The molecule has 2 aliphatic heterocycles. The predicted molar refractivity (Wildman–Crippen MR) is 102 cm³/mol. The highest BCUT2D eigenvalue weighted by Gasteiger charge is 2.22. The molecule has 0 amide bonds. The van der Waals surface area contributed by atoms with Crippen molar-refractivity contribution in [3.63, 3.8) is 0 Å². The molecule has 1 saturated heterocycles. The van der Waals surface area contributed by atoms with Gasteiger partial charge in [0.1, 0.15) is 5.76 Å². The summed E-state index contributed by atoms with van der Waals surface area (Å²) < 4.78 is 34.1. The number of nitrogens with one attached hydrogen (secondary N) is 2. The molecule has 6 heteroatoms. The van der Waals surface area contributed by atoms with Crippen molar-refractivity contribution in [2.75, 3.05) is 17.9 Å². The van der Waals surface area contributed by atoms with Crippen molar-refractivity contribution in [3.05, 3.63) is 65.7 Å². The number of hydrogen-bond donors (Lipinski definition) is 2. The monoisotopic (exact) mass is 370 g/mol. The van der Waals surface area contributed by atoms with E-state index in [1.54, 1.807) is 30.3 Å². The lowest BCUT2D eigenvalue weighted by Crippen LogP contribution is -2.16. The Balaban J connectivity index is 1.73. The van der Waals surface area contributed by atoms with Gasteiger partial charge in [0.05, 0.1) is 17.2 Å². The SMILES string of the molecule is O=S(=O)(Nc1cc(C2CCCN2)ccc1C1=CCCO1)c1ccccc1. The first-order chi connectivity index (χ1) is 12.6. The topological polar surface area (TPSA) is 67.4 Å². The first-order valence-electron chi connectivity index (χ1n) is 8.92. The quantitative estimate of drug-likeness (QED) is 0.843. The molecule has 0 aromatic heterocycles. The molecule has 0 aliphatic carbocycles. The van der Waals surface area contributed by atoms with Crippen LogP contribution in [0.3, 0.4) is 0 Å². The van der Waals surface area contributed by atoms with E-state index in [4.69, 9.17) is 4.74 Å². The van der Waals surface area contributed by atoms with Gasteiger partial charge < -0.3 is 10.1 Å². The lowest BCUT2D eigenvalue weighted by Gasteiger charge is -2.17. The van der Waals surface area contributed by atoms with Crippen molar-refractivity contribution in [2.45, 2.75) is 30.2 Å². The largest absolute Gasteiger partial charge is 0.493 e. The van der Waals surface area contributed by atoms with E-state index < -0.39 is 10.0 Å². The molecule has 2 N–H and O–H groups in total. The van der Waals surface area contributed by atoms with Gasteiger partial charge in [-0.05, 0) is 55.3 Å². The molecule has 0 spiro atoms. The predicted octanol–water partition coefficient (Wildman–Crippen LogP) is 3.67. The molecule has 2 aromatic carbocycles. The van der Waals surface area contributed by atoms with Gasteiger partial charge in [-0.3, -0.25) is 4.72 Å². The average molecular weight is 370 g/mol. The summed E-state index contributed by atoms with van der Waals surface area (Å²) in [5.74, 6) is 0.738. The Morgan fingerprint density at radius 2 is 1.96 bits per heavy atom. The van der Waals surface area contributed by atoms with Crippen LogP contribution in [0.25, 0.3) is 5.76 Å². The summed E-state index contributed by atoms with van der Waals surface area (Å²) in [6.45, 7) is 1.62. The van der Waals surface area contributed by atoms with Crippen molar-refractivity contribution in [2.24, 2.45) is 0 Å². The summed E-state index contributed by atoms with van der Waals surface area (Å²) in [6.07, 6.45) is 5.03. The van der Waals surface area contributed by atoms with Crippen molar-refractivity contribution >= 4 is 21.5 Å². The number of rotatable bonds is 5. The molecule has 0 saturated carbocycles. The fraction of sp³-hybridized carbons (Fsp3) is 0.300. The Bertz CT molecular complexity index is 917. The fourth-order valence-corrected chi connectivity index (χ4v) is 4.55. The molecule has 1 fully saturated rings. The van der Waals surface area contributed by atoms with Gasteiger partial charge in [0, 0.05) is 18.0 Å². The Kier molecular flexibility index (Phi) is 4.70. The number of anilines is 1. The van der Waals surface area contributed by atoms with Crippen molar-refractivity contribution in [3.8, 4) is 0 Å². The van der Waals surface area contributed by atoms with Crippen LogP contribution in [0.4, 0.5) is 5.69 Å². The molecule has 0 bridgehead atoms. The Labute approximate surface area is 154 Å². The van der Waals surface area contributed by atoms with Crippen LogP contribution in [0.5, 0.6) is 0 Å². The molecule has 1 atom stereocenters. The molecule has 136 valence electrons. The lowest BCUT2D eigenvalue weighted by atomic mass is 10.0. The Hall–Kier alpha value is -2.31. The molecule has 5 nitrogen and oxygen atoms in total. The van der Waals surface area contributed by atoms with Gasteiger partial charge in [-0.2, -0.15) is 0 Å². The minimum Gasteiger partial charge on any atom is -0.493 e. The van der Waals surface area contributed by atoms with E-state index in [1.807, 2.05) is 18.2 Å². The highest BCUT2D eigenvalue weighted by Crippen LogP contribution is 2.34. The standard InChI is InChI=1S/C20H22N2O3S/c23-26(24,16-6-2-1-3-7-16)22-19-14-15(18-8-4-12-21-18)10-11-17(19)20-9-5-13-25-20/h1-3,6-7,9-11,14,18,21-22H,4-5,8,12-13H2. The zero-order valence-electron chi connectivity index (χ0n) is 14.4. The van der Waals surface area contributed by atoms with Crippen molar-refractivity contribution < 1.29 is 13.2 Å². The smallest absolute Gasteiger partial charge is 0.261 e. The normalized spacial score (nSPS) is 19.8. The van der Waals surface area contributed by atoms with Crippen LogP contribution in [0.1, 0.15) is 36.4 Å². The number of ether oxygens (including phenoxy) is 1. The minimum atomic E-state index is -3.66. The van der Waals surface area contributed by atoms with Gasteiger partial charge in [0.2, 0.25) is 0 Å². The number of benzene rings is 2. The van der Waals surface area contributed by atoms with Gasteiger partial charge in [-0.1, -0.05) is 24.3 Å². The summed E-state index contributed by atoms with van der Waals surface area (Å²) >= 11 is 0. The molecule has 2 aromatic rings. The first kappa shape index (κ1) is 17.1. The number of hydrogen-bond acceptors (Lipinski definition) is 4. The van der Waals surface area contributed by atoms with E-state index in [2.05, 4.69) is 16.1 Å². The minimum absolute atomic E-state index is 0.247. The second-order valence-electron chi connectivity index (χ2n) is 6.58. The van der Waals surface area contributed by atoms with Crippen LogP contribution in [-0.2, 0) is 14.8 Å². The summed E-state index contributed by atoms with van der Waals surface area (Å²) in [6, 6.07) is 14.6. The van der Waals surface area contributed by atoms with Gasteiger partial charge in [-0.15, -0.1) is 0 Å². The summed E-state index contributed by atoms with van der Waals surface area (Å²) in [5, 5.41) is 3.46. The zero-order valence-corrected chi connectivity index (χ0v) is 15.3. The Morgan fingerprint density at radius 1 is 1.12 bits per heavy atom. The lowest BCUT2D eigenvalue weighted by molar-refractivity contribution is 0.308. The average Bonchev–Trinajstić information content (AvgIpc) is 3.36. The zero-order chi connectivity index (χ0) is 18.0. The number of sulfonamides is 1. The third-order valence-corrected chi connectivity index (χ3v) is 6.16. The van der Waals surface area contributed by atoms with Gasteiger partial charge in [0.25, 0.3) is 10.0 Å². The summed E-state index contributed by atoms with van der Waals surface area (Å²) in [4.78, 5) is 0.247. The van der Waals surface area contributed by atoms with Gasteiger partial charge in [-0.25, -0.2) is 8.42 Å². The third kappa shape index (κ3) is 3.48. The third-order valence-electron chi connectivity index (χ3n) is 4.77. The second-order valence-corrected chi connectivity index (χ2v) is 8.26. The highest BCUT2D eigenvalue weighted by atomic mass is 32.2. The van der Waals surface area contributed by atoms with Crippen LogP contribution in [-0.4, -0.2) is 21.6 Å². The van der Waals surface area contributed by atoms with Crippen LogP contribution >= 0.6 is 0 Å². The van der Waals surface area contributed by atoms with E-state index in [1.165, 1.54) is 0 Å². The molecule has 2 aliphatic rings. The van der Waals surface area contributed by atoms with Crippen molar-refractivity contribution in [1.82, 2.24) is 5.32 Å². The van der Waals surface area contributed by atoms with Crippen LogP contribution in [0.15, 0.2) is 59.5 Å². The first-order valence-corrected chi connectivity index (χ1v) is 10.4. The van der Waals surface area contributed by atoms with Crippen LogP contribution in [0, 0.1) is 0 Å². The molecule has 0 radical (unpaired) electrons. The van der Waals surface area contributed by atoms with E-state index in [9.17, 15) is 8.42 Å². The maximum Gasteiger partial charge on any atom is 0.261 e. The van der Waals surface area contributed by atoms with Gasteiger partial charge >= 0.3 is 0 Å². The molecular formula is C20H22N2O3S. The summed E-state index contributed by atoms with van der Waals surface area (Å²) in [5.41, 5.74) is 2.44. The van der Waals surface area contributed by atoms with Crippen LogP contribution < -0.4 is 10.0 Å². The molecule has 4 rings (SSSR count). The van der Waals surface area contributed by atoms with Gasteiger partial charge in [0.15, 0.2) is 0 Å². The maximum absolute atomic E-state index is 12.8. The molecular weight excluding hydrogens is 348 g/mol. The maximum atomic E-state index is 12.8. The molecule has 2 heterocycles. The molecule has 1 unspecified atom stereocenters. The van der Waals surface area contributed by atoms with E-state index in [0.29, 0.717) is 12.3 Å². The summed E-state index contributed by atoms with van der Waals surface area (Å²) in [7, 11) is -3.66. The van der Waals surface area contributed by atoms with E-state index >= 15 is 0 Å². The fourth-order valence-electron chi connectivity index (χ4n) is 3.46. The van der Waals surface area contributed by atoms with Crippen LogP contribution in [0.2, 0.25) is 0 Å². The van der Waals surface area contributed by atoms with Crippen molar-refractivity contribution in [1.29, 1.82) is 0 Å². The highest BCUT2D eigenvalue weighted by molar-refractivity contribution is 7.92. The molecule has 26 heavy (non-hydrogen) atoms. The van der Waals surface area contributed by atoms with E-state index in [0.717, 1.165) is 42.7 Å².